The minimum atomic E-state index is -0.359. The second-order valence-electron chi connectivity index (χ2n) is 10.4. The molecule has 1 aromatic heterocycles. The fourth-order valence-electron chi connectivity index (χ4n) is 5.39. The number of anilines is 2. The van der Waals surface area contributed by atoms with E-state index in [2.05, 4.69) is 29.7 Å². The number of piperazine rings is 1. The van der Waals surface area contributed by atoms with E-state index in [-0.39, 0.29) is 22.8 Å². The van der Waals surface area contributed by atoms with Crippen molar-refractivity contribution in [2.24, 2.45) is 13.0 Å². The summed E-state index contributed by atoms with van der Waals surface area (Å²) >= 11 is 6.90. The Bertz CT molecular complexity index is 1410. The zero-order valence-electron chi connectivity index (χ0n) is 23.6. The third-order valence-electron chi connectivity index (χ3n) is 7.87. The third-order valence-corrected chi connectivity index (χ3v) is 9.25. The summed E-state index contributed by atoms with van der Waals surface area (Å²) in [5, 5.41) is 9.79. The van der Waals surface area contributed by atoms with Crippen LogP contribution >= 0.6 is 24.0 Å². The molecular weight excluding hydrogens is 545 g/mol. The largest absolute Gasteiger partial charge is 0.368 e. The number of unbranched alkanes of at least 4 members (excludes halogenated alkanes) is 1. The summed E-state index contributed by atoms with van der Waals surface area (Å²) in [5.41, 5.74) is 1.90. The molecular formula is C30H36FN5O2S2. The number of rotatable bonds is 9. The molecule has 2 aliphatic heterocycles. The molecule has 0 bridgehead atoms. The van der Waals surface area contributed by atoms with E-state index >= 15 is 0 Å². The van der Waals surface area contributed by atoms with Gasteiger partial charge in [0.25, 0.3) is 11.5 Å². The van der Waals surface area contributed by atoms with Crippen LogP contribution in [0.3, 0.4) is 0 Å². The fraction of sp³-hybridized carbons (Fsp3) is 0.467. The number of amides is 1. The number of halogens is 1. The highest BCUT2D eigenvalue weighted by Gasteiger charge is 2.34. The molecule has 1 amide bonds. The molecule has 4 rings (SSSR count). The quantitative estimate of drug-likeness (QED) is 0.288. The van der Waals surface area contributed by atoms with Crippen LogP contribution < -0.4 is 15.4 Å². The fourth-order valence-corrected chi connectivity index (χ4v) is 6.64. The van der Waals surface area contributed by atoms with Gasteiger partial charge < -0.3 is 9.80 Å². The number of benzene rings is 1. The van der Waals surface area contributed by atoms with Gasteiger partial charge in [-0.25, -0.2) is 4.39 Å². The monoisotopic (exact) mass is 581 g/mol. The van der Waals surface area contributed by atoms with Crippen molar-refractivity contribution < 1.29 is 9.18 Å². The summed E-state index contributed by atoms with van der Waals surface area (Å²) in [4.78, 5) is 33.2. The van der Waals surface area contributed by atoms with Gasteiger partial charge in [-0.2, -0.15) is 5.26 Å². The van der Waals surface area contributed by atoms with E-state index in [1.165, 1.54) is 28.5 Å². The molecule has 2 fully saturated rings. The molecule has 40 heavy (non-hydrogen) atoms. The predicted molar refractivity (Wildman–Crippen MR) is 165 cm³/mol. The summed E-state index contributed by atoms with van der Waals surface area (Å²) in [6.45, 7) is 9.27. The van der Waals surface area contributed by atoms with Crippen LogP contribution in [-0.4, -0.2) is 52.4 Å². The highest BCUT2D eigenvalue weighted by atomic mass is 32.2. The number of pyridine rings is 1. The van der Waals surface area contributed by atoms with Gasteiger partial charge in [-0.1, -0.05) is 57.1 Å². The average molecular weight is 582 g/mol. The van der Waals surface area contributed by atoms with Gasteiger partial charge in [0.15, 0.2) is 0 Å². The first-order valence-corrected chi connectivity index (χ1v) is 15.1. The summed E-state index contributed by atoms with van der Waals surface area (Å²) in [6, 6.07) is 8.51. The Hall–Kier alpha value is -3.16. The number of aromatic nitrogens is 1. The molecule has 3 heterocycles. The zero-order valence-corrected chi connectivity index (χ0v) is 25.2. The molecule has 7 nitrogen and oxygen atoms in total. The first-order valence-electron chi connectivity index (χ1n) is 13.8. The second-order valence-corrected chi connectivity index (χ2v) is 12.0. The number of nitrogens with zero attached hydrogens (tertiary/aromatic N) is 5. The number of hydrogen-bond acceptors (Lipinski definition) is 7. The Kier molecular flexibility index (Phi) is 9.69. The van der Waals surface area contributed by atoms with E-state index in [1.54, 1.807) is 31.0 Å². The Balaban J connectivity index is 1.66. The van der Waals surface area contributed by atoms with Crippen LogP contribution in [0.5, 0.6) is 0 Å². The highest BCUT2D eigenvalue weighted by Crippen LogP contribution is 2.37. The van der Waals surface area contributed by atoms with Crippen LogP contribution in [0.15, 0.2) is 34.0 Å². The number of carbonyl (C=O) groups is 1. The van der Waals surface area contributed by atoms with Gasteiger partial charge in [-0.15, -0.1) is 0 Å². The lowest BCUT2D eigenvalue weighted by molar-refractivity contribution is -0.122. The maximum Gasteiger partial charge on any atom is 0.270 e. The van der Waals surface area contributed by atoms with Crippen molar-refractivity contribution in [2.45, 2.75) is 46.5 Å². The minimum Gasteiger partial charge on any atom is -0.368 e. The Morgan fingerprint density at radius 2 is 1.77 bits per heavy atom. The molecule has 2 saturated heterocycles. The van der Waals surface area contributed by atoms with Gasteiger partial charge in [0.1, 0.15) is 27.6 Å². The van der Waals surface area contributed by atoms with Gasteiger partial charge in [0, 0.05) is 51.0 Å². The lowest BCUT2D eigenvalue weighted by atomic mass is 9.99. The summed E-state index contributed by atoms with van der Waals surface area (Å²) in [6.07, 6.45) is 6.08. The average Bonchev–Trinajstić information content (AvgIpc) is 3.22. The molecule has 1 atom stereocenters. The van der Waals surface area contributed by atoms with Crippen molar-refractivity contribution in [1.82, 2.24) is 9.47 Å². The van der Waals surface area contributed by atoms with E-state index in [9.17, 15) is 19.2 Å². The molecule has 2 aliphatic rings. The zero-order chi connectivity index (χ0) is 29.0. The maximum atomic E-state index is 13.5. The van der Waals surface area contributed by atoms with Gasteiger partial charge in [0.05, 0.1) is 4.91 Å². The van der Waals surface area contributed by atoms with Gasteiger partial charge in [-0.3, -0.25) is 19.1 Å². The van der Waals surface area contributed by atoms with E-state index in [1.807, 2.05) is 6.08 Å². The summed E-state index contributed by atoms with van der Waals surface area (Å²) < 4.78 is 15.5. The first-order chi connectivity index (χ1) is 19.2. The van der Waals surface area contributed by atoms with Crippen molar-refractivity contribution in [2.75, 3.05) is 42.5 Å². The second kappa shape index (κ2) is 13.0. The number of thioether (sulfide) groups is 1. The van der Waals surface area contributed by atoms with E-state index in [4.69, 9.17) is 12.2 Å². The van der Waals surface area contributed by atoms with Gasteiger partial charge in [-0.05, 0) is 55.2 Å². The first kappa shape index (κ1) is 29.8. The van der Waals surface area contributed by atoms with Crippen LogP contribution in [0.1, 0.15) is 56.2 Å². The van der Waals surface area contributed by atoms with Crippen molar-refractivity contribution in [1.29, 1.82) is 5.26 Å². The summed E-state index contributed by atoms with van der Waals surface area (Å²) in [7, 11) is 1.67. The highest BCUT2D eigenvalue weighted by molar-refractivity contribution is 8.26. The van der Waals surface area contributed by atoms with Crippen LogP contribution in [0.2, 0.25) is 0 Å². The van der Waals surface area contributed by atoms with Crippen LogP contribution in [0.25, 0.3) is 6.08 Å². The molecule has 0 radical (unpaired) electrons. The molecule has 0 aliphatic carbocycles. The topological polar surface area (TPSA) is 72.6 Å². The van der Waals surface area contributed by atoms with Crippen LogP contribution in [-0.2, 0) is 11.8 Å². The number of thiocarbonyl (C=S) groups is 1. The number of hydrogen-bond donors (Lipinski definition) is 0. The molecule has 212 valence electrons. The van der Waals surface area contributed by atoms with Gasteiger partial charge in [0.2, 0.25) is 0 Å². The van der Waals surface area contributed by atoms with Crippen LogP contribution in [0.4, 0.5) is 15.9 Å². The van der Waals surface area contributed by atoms with E-state index in [0.717, 1.165) is 31.4 Å². The predicted octanol–water partition coefficient (Wildman–Crippen LogP) is 5.45. The standard InChI is InChI=1S/C30H36FN5O2S2/c1-5-7-8-21(6-2)19-36-29(38)26(40-30(36)39)17-24-20(3)25(18-32)28(37)33(4)27(24)35-15-13-34(14-16-35)23-11-9-22(31)10-12-23/h9-12,17,21H,5-8,13-16,19H2,1-4H3/b26-17-. The molecule has 0 N–H and O–H groups in total. The number of carbonyl (C=O) groups excluding carboxylic acids is 1. The summed E-state index contributed by atoms with van der Waals surface area (Å²) in [5.74, 6) is 0.676. The van der Waals surface area contributed by atoms with Crippen molar-refractivity contribution in [3.63, 3.8) is 0 Å². The maximum absolute atomic E-state index is 13.5. The lowest BCUT2D eigenvalue weighted by Gasteiger charge is -2.38. The molecule has 1 unspecified atom stereocenters. The van der Waals surface area contributed by atoms with Crippen molar-refractivity contribution >= 4 is 51.8 Å². The minimum absolute atomic E-state index is 0.0727. The Labute approximate surface area is 245 Å². The lowest BCUT2D eigenvalue weighted by Crippen LogP contribution is -2.48. The molecule has 0 saturated carbocycles. The van der Waals surface area contributed by atoms with E-state index < -0.39 is 0 Å². The normalized spacial score (nSPS) is 17.6. The Morgan fingerprint density at radius 1 is 1.12 bits per heavy atom. The van der Waals surface area contributed by atoms with Crippen LogP contribution in [0, 0.1) is 30.0 Å². The molecule has 2 aromatic rings. The molecule has 10 heteroatoms. The molecule has 1 aromatic carbocycles. The number of nitriles is 1. The smallest absolute Gasteiger partial charge is 0.270 e. The Morgan fingerprint density at radius 3 is 2.38 bits per heavy atom. The third kappa shape index (κ3) is 6.11. The van der Waals surface area contributed by atoms with E-state index in [0.29, 0.717) is 64.8 Å². The SMILES string of the molecule is CCCCC(CC)CN1C(=O)/C(=C/c2c(C)c(C#N)c(=O)n(C)c2N2CCN(c3ccc(F)cc3)CC2)SC1=S. The van der Waals surface area contributed by atoms with Gasteiger partial charge >= 0.3 is 0 Å². The van der Waals surface area contributed by atoms with Crippen molar-refractivity contribution in [3.8, 4) is 6.07 Å². The molecule has 0 spiro atoms. The van der Waals surface area contributed by atoms with Crippen molar-refractivity contribution in [3.05, 3.63) is 62.0 Å².